The topological polar surface area (TPSA) is 38.0 Å². The molecule has 2 aromatic rings. The van der Waals surface area contributed by atoms with Gasteiger partial charge in [0.2, 0.25) is 0 Å². The number of anilines is 1. The van der Waals surface area contributed by atoms with Crippen molar-refractivity contribution in [3.8, 4) is 0 Å². The highest BCUT2D eigenvalue weighted by molar-refractivity contribution is 5.75. The summed E-state index contributed by atoms with van der Waals surface area (Å²) in [4.78, 5) is 0. The Morgan fingerprint density at radius 3 is 2.62 bits per heavy atom. The highest BCUT2D eigenvalue weighted by Crippen LogP contribution is 2.37. The van der Waals surface area contributed by atoms with E-state index < -0.39 is 0 Å². The monoisotopic (exact) mass is 286 g/mol. The molecule has 0 saturated carbocycles. The van der Waals surface area contributed by atoms with Crippen molar-refractivity contribution in [1.82, 2.24) is 0 Å². The zero-order valence-electron chi connectivity index (χ0n) is 11.6. The van der Waals surface area contributed by atoms with Crippen molar-refractivity contribution in [2.75, 3.05) is 5.32 Å². The third-order valence-corrected chi connectivity index (χ3v) is 3.70. The van der Waals surface area contributed by atoms with Gasteiger partial charge < -0.3 is 11.1 Å². The summed E-state index contributed by atoms with van der Waals surface area (Å²) in [5.74, 6) is -0.647. The summed E-state index contributed by atoms with van der Waals surface area (Å²) >= 11 is 0. The highest BCUT2D eigenvalue weighted by atomic mass is 19.1. The normalized spacial score (nSPS) is 18.5. The highest BCUT2D eigenvalue weighted by Gasteiger charge is 2.26. The lowest BCUT2D eigenvalue weighted by Crippen LogP contribution is -2.29. The summed E-state index contributed by atoms with van der Waals surface area (Å²) in [6.07, 6.45) is 1.88. The first-order valence-electron chi connectivity index (χ1n) is 6.84. The first-order chi connectivity index (χ1) is 10.1. The van der Waals surface area contributed by atoms with E-state index in [0.29, 0.717) is 5.69 Å². The molecule has 0 spiro atoms. The summed E-state index contributed by atoms with van der Waals surface area (Å²) in [6.45, 7) is 1.87. The first kappa shape index (κ1) is 13.8. The fourth-order valence-corrected chi connectivity index (χ4v) is 2.66. The lowest BCUT2D eigenvalue weighted by Gasteiger charge is -2.31. The van der Waals surface area contributed by atoms with Crippen molar-refractivity contribution in [3.05, 3.63) is 70.8 Å². The smallest absolute Gasteiger partial charge is 0.146 e. The second-order valence-corrected chi connectivity index (χ2v) is 5.27. The van der Waals surface area contributed by atoms with Gasteiger partial charge in [0.15, 0.2) is 0 Å². The number of nitrogens with one attached hydrogen (secondary N) is 1. The minimum Gasteiger partial charge on any atom is -0.372 e. The van der Waals surface area contributed by atoms with E-state index in [9.17, 15) is 8.78 Å². The van der Waals surface area contributed by atoms with Crippen LogP contribution < -0.4 is 11.1 Å². The van der Waals surface area contributed by atoms with Gasteiger partial charge in [-0.15, -0.1) is 0 Å². The molecule has 0 amide bonds. The van der Waals surface area contributed by atoms with Gasteiger partial charge in [-0.3, -0.25) is 0 Å². The van der Waals surface area contributed by atoms with E-state index in [2.05, 4.69) is 5.32 Å². The van der Waals surface area contributed by atoms with Crippen molar-refractivity contribution in [2.45, 2.75) is 19.0 Å². The number of halogens is 2. The van der Waals surface area contributed by atoms with Gasteiger partial charge >= 0.3 is 0 Å². The van der Waals surface area contributed by atoms with Crippen LogP contribution >= 0.6 is 0 Å². The number of para-hydroxylation sites is 1. The van der Waals surface area contributed by atoms with Crippen LogP contribution in [0.2, 0.25) is 0 Å². The molecule has 1 unspecified atom stereocenters. The van der Waals surface area contributed by atoms with Crippen LogP contribution in [0.1, 0.15) is 24.1 Å². The Morgan fingerprint density at radius 2 is 1.90 bits per heavy atom. The molecule has 0 radical (unpaired) electrons. The van der Waals surface area contributed by atoms with E-state index in [0.717, 1.165) is 16.7 Å². The van der Waals surface area contributed by atoms with Gasteiger partial charge in [0, 0.05) is 11.6 Å². The fourth-order valence-electron chi connectivity index (χ4n) is 2.66. The average Bonchev–Trinajstić information content (AvgIpc) is 2.46. The average molecular weight is 286 g/mol. The molecule has 1 aliphatic heterocycles. The van der Waals surface area contributed by atoms with Gasteiger partial charge in [-0.1, -0.05) is 24.3 Å². The van der Waals surface area contributed by atoms with Crippen LogP contribution in [0.15, 0.2) is 48.0 Å². The zero-order valence-corrected chi connectivity index (χ0v) is 11.6. The minimum absolute atomic E-state index is 0.220. The Kier molecular flexibility index (Phi) is 3.47. The van der Waals surface area contributed by atoms with Gasteiger partial charge in [0.05, 0.1) is 11.7 Å². The van der Waals surface area contributed by atoms with E-state index in [-0.39, 0.29) is 23.7 Å². The Bertz CT molecular complexity index is 708. The summed E-state index contributed by atoms with van der Waals surface area (Å²) in [5, 5.41) is 3.15. The maximum absolute atomic E-state index is 14.0. The zero-order chi connectivity index (χ0) is 15.0. The SMILES string of the molecule is C[C@H](N)C1=Cc2cccc(F)c2NC1c1cccc(F)c1. The van der Waals surface area contributed by atoms with Gasteiger partial charge in [0.25, 0.3) is 0 Å². The van der Waals surface area contributed by atoms with Crippen LogP contribution in [-0.4, -0.2) is 6.04 Å². The molecule has 21 heavy (non-hydrogen) atoms. The van der Waals surface area contributed by atoms with Crippen molar-refractivity contribution >= 4 is 11.8 Å². The van der Waals surface area contributed by atoms with Crippen LogP contribution in [-0.2, 0) is 0 Å². The van der Waals surface area contributed by atoms with E-state index in [4.69, 9.17) is 5.73 Å². The summed E-state index contributed by atoms with van der Waals surface area (Å²) in [5.41, 5.74) is 8.85. The van der Waals surface area contributed by atoms with Crippen LogP contribution in [0.25, 0.3) is 6.08 Å². The molecule has 0 aromatic heterocycles. The van der Waals surface area contributed by atoms with Crippen molar-refractivity contribution in [2.24, 2.45) is 5.73 Å². The van der Waals surface area contributed by atoms with Crippen LogP contribution in [0.3, 0.4) is 0 Å². The first-order valence-corrected chi connectivity index (χ1v) is 6.84. The quantitative estimate of drug-likeness (QED) is 0.879. The third-order valence-electron chi connectivity index (χ3n) is 3.70. The van der Waals surface area contributed by atoms with Crippen molar-refractivity contribution < 1.29 is 8.78 Å². The van der Waals surface area contributed by atoms with E-state index in [1.54, 1.807) is 12.1 Å². The van der Waals surface area contributed by atoms with Crippen LogP contribution in [0, 0.1) is 11.6 Å². The predicted molar refractivity (Wildman–Crippen MR) is 80.8 cm³/mol. The number of fused-ring (bicyclic) bond motifs is 1. The molecule has 3 rings (SSSR count). The molecule has 108 valence electrons. The van der Waals surface area contributed by atoms with Crippen molar-refractivity contribution in [3.63, 3.8) is 0 Å². The molecule has 1 heterocycles. The van der Waals surface area contributed by atoms with E-state index in [1.807, 2.05) is 25.1 Å². The Morgan fingerprint density at radius 1 is 1.14 bits per heavy atom. The molecule has 4 heteroatoms. The van der Waals surface area contributed by atoms with Crippen LogP contribution in [0.4, 0.5) is 14.5 Å². The summed E-state index contributed by atoms with van der Waals surface area (Å²) < 4.78 is 27.4. The fraction of sp³-hybridized carbons (Fsp3) is 0.176. The number of hydrogen-bond donors (Lipinski definition) is 2. The Balaban J connectivity index is 2.12. The summed E-state index contributed by atoms with van der Waals surface area (Å²) in [7, 11) is 0. The largest absolute Gasteiger partial charge is 0.372 e. The lowest BCUT2D eigenvalue weighted by molar-refractivity contribution is 0.618. The molecule has 0 fully saturated rings. The number of hydrogen-bond acceptors (Lipinski definition) is 2. The maximum atomic E-state index is 14.0. The lowest BCUT2D eigenvalue weighted by atomic mass is 9.88. The number of nitrogens with two attached hydrogens (primary N) is 1. The molecule has 1 aliphatic rings. The molecule has 0 bridgehead atoms. The number of benzene rings is 2. The molecule has 2 nitrogen and oxygen atoms in total. The number of rotatable bonds is 2. The van der Waals surface area contributed by atoms with Gasteiger partial charge in [-0.2, -0.15) is 0 Å². The minimum atomic E-state index is -0.329. The van der Waals surface area contributed by atoms with Crippen molar-refractivity contribution in [1.29, 1.82) is 0 Å². The van der Waals surface area contributed by atoms with Gasteiger partial charge in [0.1, 0.15) is 11.6 Å². The predicted octanol–water partition coefficient (Wildman–Crippen LogP) is 3.86. The van der Waals surface area contributed by atoms with E-state index >= 15 is 0 Å². The molecule has 2 aromatic carbocycles. The molecule has 3 N–H and O–H groups in total. The Hall–Kier alpha value is -2.20. The third kappa shape index (κ3) is 2.54. The van der Waals surface area contributed by atoms with Gasteiger partial charge in [-0.25, -0.2) is 8.78 Å². The van der Waals surface area contributed by atoms with E-state index in [1.165, 1.54) is 18.2 Å². The molecular weight excluding hydrogens is 270 g/mol. The second-order valence-electron chi connectivity index (χ2n) is 5.27. The van der Waals surface area contributed by atoms with Crippen LogP contribution in [0.5, 0.6) is 0 Å². The Labute approximate surface area is 122 Å². The molecular formula is C17H16F2N2. The standard InChI is InChI=1S/C17H16F2N2/c1-10(20)14-9-12-5-3-7-15(19)17(12)21-16(14)11-4-2-6-13(18)8-11/h2-10,16,21H,20H2,1H3/t10-,16?/m0/s1. The van der Waals surface area contributed by atoms with Gasteiger partial charge in [-0.05, 0) is 42.3 Å². The molecule has 0 saturated heterocycles. The molecule has 2 atom stereocenters. The molecule has 0 aliphatic carbocycles. The second kappa shape index (κ2) is 5.30. The maximum Gasteiger partial charge on any atom is 0.146 e. The summed E-state index contributed by atoms with van der Waals surface area (Å²) in [6, 6.07) is 10.6.